The van der Waals surface area contributed by atoms with Crippen LogP contribution in [0, 0.1) is 0 Å². The number of nitrogens with one attached hydrogen (secondary N) is 1. The van der Waals surface area contributed by atoms with E-state index in [0.29, 0.717) is 10.0 Å². The van der Waals surface area contributed by atoms with Gasteiger partial charge in [-0.3, -0.25) is 0 Å². The first-order chi connectivity index (χ1) is 9.56. The maximum atomic E-state index is 11.6. The van der Waals surface area contributed by atoms with Gasteiger partial charge in [0.2, 0.25) is 0 Å². The fourth-order valence-electron chi connectivity index (χ4n) is 1.91. The van der Waals surface area contributed by atoms with Gasteiger partial charge in [0.1, 0.15) is 5.84 Å². The van der Waals surface area contributed by atoms with E-state index in [2.05, 4.69) is 10.3 Å². The molecule has 2 rings (SSSR count). The van der Waals surface area contributed by atoms with Gasteiger partial charge in [-0.15, -0.1) is 0 Å². The lowest BCUT2D eigenvalue weighted by Gasteiger charge is -2.09. The van der Waals surface area contributed by atoms with Crippen molar-refractivity contribution in [1.82, 2.24) is 10.2 Å². The van der Waals surface area contributed by atoms with E-state index < -0.39 is 0 Å². The van der Waals surface area contributed by atoms with Crippen molar-refractivity contribution in [1.29, 1.82) is 0 Å². The first-order valence-corrected chi connectivity index (χ1v) is 7.02. The Labute approximate surface area is 128 Å². The molecule has 0 saturated carbocycles. The quantitative estimate of drug-likeness (QED) is 0.903. The van der Waals surface area contributed by atoms with Gasteiger partial charge in [0.15, 0.2) is 0 Å². The molecule has 0 aliphatic carbocycles. The summed E-state index contributed by atoms with van der Waals surface area (Å²) in [6, 6.07) is 4.88. The molecule has 0 aromatic heterocycles. The Kier molecular flexibility index (Phi) is 5.04. The van der Waals surface area contributed by atoms with Crippen LogP contribution in [0.4, 0.5) is 4.79 Å². The Morgan fingerprint density at radius 3 is 2.85 bits per heavy atom. The highest BCUT2D eigenvalue weighted by Gasteiger charge is 2.14. The predicted octanol–water partition coefficient (Wildman–Crippen LogP) is 3.80. The van der Waals surface area contributed by atoms with Gasteiger partial charge in [-0.05, 0) is 30.2 Å². The number of hydrogen-bond donors (Lipinski definition) is 1. The number of carbonyl (C=O) groups excluding carboxylic acids is 1. The normalized spacial score (nSPS) is 17.1. The van der Waals surface area contributed by atoms with Gasteiger partial charge in [0.05, 0.1) is 10.0 Å². The summed E-state index contributed by atoms with van der Waals surface area (Å²) in [6.45, 7) is 0.950. The number of benzene rings is 1. The minimum absolute atomic E-state index is 0.370. The summed E-state index contributed by atoms with van der Waals surface area (Å²) in [4.78, 5) is 17.6. The van der Waals surface area contributed by atoms with Crippen molar-refractivity contribution in [2.45, 2.75) is 12.8 Å². The zero-order valence-electron chi connectivity index (χ0n) is 11.1. The van der Waals surface area contributed by atoms with Crippen LogP contribution in [0.3, 0.4) is 0 Å². The van der Waals surface area contributed by atoms with Gasteiger partial charge in [-0.2, -0.15) is 4.99 Å². The molecule has 4 nitrogen and oxygen atoms in total. The van der Waals surface area contributed by atoms with Crippen LogP contribution in [0.1, 0.15) is 18.4 Å². The summed E-state index contributed by atoms with van der Waals surface area (Å²) in [6.07, 6.45) is 5.17. The second-order valence-corrected chi connectivity index (χ2v) is 5.32. The predicted molar refractivity (Wildman–Crippen MR) is 83.3 cm³/mol. The van der Waals surface area contributed by atoms with Crippen molar-refractivity contribution in [3.63, 3.8) is 0 Å². The summed E-state index contributed by atoms with van der Waals surface area (Å²) in [7, 11) is 1.94. The van der Waals surface area contributed by atoms with Crippen LogP contribution >= 0.6 is 23.2 Å². The number of carbonyl (C=O) groups is 1. The molecule has 1 saturated heterocycles. The number of amidine groups is 1. The number of rotatable bonds is 2. The highest BCUT2D eigenvalue weighted by molar-refractivity contribution is 6.42. The van der Waals surface area contributed by atoms with Crippen molar-refractivity contribution in [3.05, 3.63) is 40.0 Å². The number of likely N-dealkylation sites (tertiary alicyclic amines) is 1. The summed E-state index contributed by atoms with van der Waals surface area (Å²) >= 11 is 11.7. The van der Waals surface area contributed by atoms with Gasteiger partial charge in [-0.25, -0.2) is 4.79 Å². The average molecular weight is 312 g/mol. The third-order valence-corrected chi connectivity index (χ3v) is 3.73. The van der Waals surface area contributed by atoms with E-state index in [0.717, 1.165) is 30.8 Å². The lowest BCUT2D eigenvalue weighted by Crippen LogP contribution is -2.23. The monoisotopic (exact) mass is 311 g/mol. The summed E-state index contributed by atoms with van der Waals surface area (Å²) < 4.78 is 0. The number of aliphatic imine (C=N–C) groups is 1. The maximum Gasteiger partial charge on any atom is 0.346 e. The topological polar surface area (TPSA) is 44.7 Å². The van der Waals surface area contributed by atoms with E-state index in [9.17, 15) is 4.79 Å². The van der Waals surface area contributed by atoms with Gasteiger partial charge in [0.25, 0.3) is 0 Å². The van der Waals surface area contributed by atoms with Crippen molar-refractivity contribution >= 4 is 41.1 Å². The average Bonchev–Trinajstić information content (AvgIpc) is 2.79. The fraction of sp³-hybridized carbons (Fsp3) is 0.286. The van der Waals surface area contributed by atoms with Crippen LogP contribution < -0.4 is 5.32 Å². The highest BCUT2D eigenvalue weighted by atomic mass is 35.5. The van der Waals surface area contributed by atoms with Crippen LogP contribution in [0.2, 0.25) is 10.0 Å². The number of halogens is 2. The Morgan fingerprint density at radius 1 is 1.40 bits per heavy atom. The van der Waals surface area contributed by atoms with Crippen molar-refractivity contribution in [2.75, 3.05) is 13.6 Å². The van der Waals surface area contributed by atoms with Gasteiger partial charge >= 0.3 is 6.03 Å². The standard InChI is InChI=1S/C14H15Cl2N3O/c1-19-8-2-3-13(19)18-14(20)17-7-6-10-4-5-11(15)12(16)9-10/h4-7,9H,2-3,8H2,1H3,(H,17,20). The van der Waals surface area contributed by atoms with Gasteiger partial charge in [0, 0.05) is 26.2 Å². The lowest BCUT2D eigenvalue weighted by molar-refractivity contribution is 0.252. The summed E-state index contributed by atoms with van der Waals surface area (Å²) in [5, 5.41) is 3.59. The van der Waals surface area contributed by atoms with E-state index in [-0.39, 0.29) is 6.03 Å². The van der Waals surface area contributed by atoms with Crippen LogP contribution in [-0.2, 0) is 0 Å². The highest BCUT2D eigenvalue weighted by Crippen LogP contribution is 2.22. The van der Waals surface area contributed by atoms with Crippen molar-refractivity contribution in [3.8, 4) is 0 Å². The molecular weight excluding hydrogens is 297 g/mol. The third kappa shape index (κ3) is 3.99. The molecule has 0 spiro atoms. The number of hydrogen-bond acceptors (Lipinski definition) is 1. The zero-order chi connectivity index (χ0) is 14.5. The van der Waals surface area contributed by atoms with E-state index in [1.54, 1.807) is 24.4 Å². The molecule has 20 heavy (non-hydrogen) atoms. The first-order valence-electron chi connectivity index (χ1n) is 6.27. The van der Waals surface area contributed by atoms with Crippen molar-refractivity contribution in [2.24, 2.45) is 4.99 Å². The van der Waals surface area contributed by atoms with Crippen LogP contribution in [-0.4, -0.2) is 30.4 Å². The molecule has 0 unspecified atom stereocenters. The van der Waals surface area contributed by atoms with Gasteiger partial charge in [-0.1, -0.05) is 29.3 Å². The molecule has 2 amide bonds. The number of nitrogens with zero attached hydrogens (tertiary/aromatic N) is 2. The maximum absolute atomic E-state index is 11.6. The van der Waals surface area contributed by atoms with E-state index in [1.165, 1.54) is 0 Å². The summed E-state index contributed by atoms with van der Waals surface area (Å²) in [5.41, 5.74) is 0.852. The van der Waals surface area contributed by atoms with Crippen LogP contribution in [0.15, 0.2) is 29.4 Å². The molecule has 1 heterocycles. The Balaban J connectivity index is 1.92. The Hall–Kier alpha value is -1.52. The third-order valence-electron chi connectivity index (χ3n) is 2.99. The second-order valence-electron chi connectivity index (χ2n) is 4.51. The molecule has 106 valence electrons. The molecule has 1 N–H and O–H groups in total. The largest absolute Gasteiger partial charge is 0.363 e. The zero-order valence-corrected chi connectivity index (χ0v) is 12.6. The Morgan fingerprint density at radius 2 is 2.20 bits per heavy atom. The second kappa shape index (κ2) is 6.77. The van der Waals surface area contributed by atoms with E-state index in [4.69, 9.17) is 23.2 Å². The first kappa shape index (κ1) is 14.9. The van der Waals surface area contributed by atoms with E-state index >= 15 is 0 Å². The molecule has 1 fully saturated rings. The number of urea groups is 1. The minimum Gasteiger partial charge on any atom is -0.363 e. The molecule has 1 aliphatic heterocycles. The fourth-order valence-corrected chi connectivity index (χ4v) is 2.22. The lowest BCUT2D eigenvalue weighted by atomic mass is 10.2. The minimum atomic E-state index is -0.370. The Bertz CT molecular complexity index is 570. The molecule has 0 radical (unpaired) electrons. The van der Waals surface area contributed by atoms with Gasteiger partial charge < -0.3 is 10.2 Å². The molecule has 0 bridgehead atoms. The van der Waals surface area contributed by atoms with E-state index in [1.807, 2.05) is 18.0 Å². The molecule has 6 heteroatoms. The molecular formula is C14H15Cl2N3O. The molecule has 0 atom stereocenters. The van der Waals surface area contributed by atoms with Crippen LogP contribution in [0.25, 0.3) is 6.08 Å². The number of amides is 2. The van der Waals surface area contributed by atoms with Crippen LogP contribution in [0.5, 0.6) is 0 Å². The van der Waals surface area contributed by atoms with Crippen molar-refractivity contribution < 1.29 is 4.79 Å². The summed E-state index contributed by atoms with van der Waals surface area (Å²) in [5.74, 6) is 0.824. The molecule has 1 aromatic rings. The SMILES string of the molecule is CN1CCCC1=NC(=O)NC=Cc1ccc(Cl)c(Cl)c1. The molecule has 1 aromatic carbocycles. The molecule has 1 aliphatic rings. The smallest absolute Gasteiger partial charge is 0.346 e.